The van der Waals surface area contributed by atoms with Crippen molar-refractivity contribution in [3.05, 3.63) is 11.8 Å². The highest BCUT2D eigenvalue weighted by molar-refractivity contribution is 5.83. The molecule has 64 valence electrons. The minimum absolute atomic E-state index is 0.256. The van der Waals surface area contributed by atoms with Crippen LogP contribution in [-0.4, -0.2) is 25.0 Å². The van der Waals surface area contributed by atoms with E-state index in [-0.39, 0.29) is 5.70 Å². The molecule has 0 bridgehead atoms. The molecule has 0 amide bonds. The molecule has 0 N–H and O–H groups in total. The van der Waals surface area contributed by atoms with Gasteiger partial charge in [0, 0.05) is 14.1 Å². The number of likely N-dealkylation sites (N-methyl/N-ethyl adjacent to an activating group) is 1. The lowest BCUT2D eigenvalue weighted by molar-refractivity contribution is -0.301. The van der Waals surface area contributed by atoms with Gasteiger partial charge in [0.2, 0.25) is 0 Å². The second-order valence-electron chi connectivity index (χ2n) is 2.56. The summed E-state index contributed by atoms with van der Waals surface area (Å²) >= 11 is 0. The fourth-order valence-electron chi connectivity index (χ4n) is 0.730. The number of aliphatic carboxylic acids is 1. The van der Waals surface area contributed by atoms with Crippen LogP contribution in [0, 0.1) is 0 Å². The zero-order valence-corrected chi connectivity index (χ0v) is 7.26. The third kappa shape index (κ3) is 3.65. The van der Waals surface area contributed by atoms with Crippen molar-refractivity contribution in [2.24, 2.45) is 0 Å². The van der Waals surface area contributed by atoms with E-state index in [1.807, 2.05) is 6.92 Å². The molecule has 0 radical (unpaired) electrons. The standard InChI is InChI=1S/C8H15NO2/c1-4-5-6-7(8(10)11)9(2)3/h6H,4-5H2,1-3H3,(H,10,11)/p-1/b7-6+. The normalized spacial score (nSPS) is 11.4. The average molecular weight is 156 g/mol. The Hall–Kier alpha value is -0.990. The van der Waals surface area contributed by atoms with E-state index in [4.69, 9.17) is 0 Å². The lowest BCUT2D eigenvalue weighted by Crippen LogP contribution is -2.31. The Bertz CT molecular complexity index is 161. The number of unbranched alkanes of at least 4 members (excludes halogenated alkanes) is 1. The average Bonchev–Trinajstić information content (AvgIpc) is 1.87. The summed E-state index contributed by atoms with van der Waals surface area (Å²) in [5.41, 5.74) is 0.256. The molecular weight excluding hydrogens is 142 g/mol. The van der Waals surface area contributed by atoms with Crippen molar-refractivity contribution >= 4 is 5.97 Å². The van der Waals surface area contributed by atoms with Gasteiger partial charge in [-0.05, 0) is 6.42 Å². The first-order chi connectivity index (χ1) is 5.09. The second-order valence-corrected chi connectivity index (χ2v) is 2.56. The van der Waals surface area contributed by atoms with E-state index in [1.165, 1.54) is 0 Å². The first-order valence-corrected chi connectivity index (χ1v) is 3.68. The highest BCUT2D eigenvalue weighted by atomic mass is 16.4. The summed E-state index contributed by atoms with van der Waals surface area (Å²) in [5.74, 6) is -1.11. The zero-order valence-electron chi connectivity index (χ0n) is 7.26. The molecule has 0 heterocycles. The maximum Gasteiger partial charge on any atom is 0.0873 e. The summed E-state index contributed by atoms with van der Waals surface area (Å²) in [6, 6.07) is 0. The second kappa shape index (κ2) is 4.77. The van der Waals surface area contributed by atoms with Crippen molar-refractivity contribution in [1.82, 2.24) is 4.90 Å². The van der Waals surface area contributed by atoms with Gasteiger partial charge in [-0.3, -0.25) is 0 Å². The molecule has 0 saturated heterocycles. The molecule has 0 fully saturated rings. The van der Waals surface area contributed by atoms with E-state index in [2.05, 4.69) is 0 Å². The van der Waals surface area contributed by atoms with Crippen LogP contribution in [0.5, 0.6) is 0 Å². The molecule has 0 spiro atoms. The molecule has 11 heavy (non-hydrogen) atoms. The molecule has 0 aliphatic heterocycles. The van der Waals surface area contributed by atoms with Gasteiger partial charge in [-0.25, -0.2) is 0 Å². The molecular formula is C8H14NO2-. The molecule has 0 atom stereocenters. The van der Waals surface area contributed by atoms with E-state index in [9.17, 15) is 9.90 Å². The Morgan fingerprint density at radius 3 is 2.36 bits per heavy atom. The van der Waals surface area contributed by atoms with Crippen molar-refractivity contribution in [3.63, 3.8) is 0 Å². The van der Waals surface area contributed by atoms with Crippen molar-refractivity contribution in [1.29, 1.82) is 0 Å². The smallest absolute Gasteiger partial charge is 0.0873 e. The van der Waals surface area contributed by atoms with E-state index >= 15 is 0 Å². The Balaban J connectivity index is 4.21. The van der Waals surface area contributed by atoms with Gasteiger partial charge >= 0.3 is 0 Å². The van der Waals surface area contributed by atoms with Crippen LogP contribution in [0.15, 0.2) is 11.8 Å². The molecule has 0 saturated carbocycles. The Labute approximate surface area is 67.3 Å². The number of carbonyl (C=O) groups excluding carboxylic acids is 1. The van der Waals surface area contributed by atoms with E-state index in [1.54, 1.807) is 25.1 Å². The number of allylic oxidation sites excluding steroid dienone is 1. The van der Waals surface area contributed by atoms with Gasteiger partial charge in [-0.1, -0.05) is 19.4 Å². The number of carboxylic acids is 1. The summed E-state index contributed by atoms with van der Waals surface area (Å²) in [6.45, 7) is 2.00. The molecule has 3 heteroatoms. The van der Waals surface area contributed by atoms with Crippen LogP contribution < -0.4 is 5.11 Å². The van der Waals surface area contributed by atoms with Crippen LogP contribution in [0.2, 0.25) is 0 Å². The lowest BCUT2D eigenvalue weighted by atomic mass is 10.2. The van der Waals surface area contributed by atoms with Gasteiger partial charge < -0.3 is 14.8 Å². The monoisotopic (exact) mass is 156 g/mol. The summed E-state index contributed by atoms with van der Waals surface area (Å²) in [7, 11) is 3.38. The Morgan fingerprint density at radius 2 is 2.09 bits per heavy atom. The van der Waals surface area contributed by atoms with Crippen LogP contribution in [0.25, 0.3) is 0 Å². The highest BCUT2D eigenvalue weighted by Gasteiger charge is 1.98. The zero-order chi connectivity index (χ0) is 8.85. The molecule has 0 aromatic heterocycles. The fraction of sp³-hybridized carbons (Fsp3) is 0.625. The molecule has 0 rings (SSSR count). The van der Waals surface area contributed by atoms with Crippen molar-refractivity contribution in [2.75, 3.05) is 14.1 Å². The first-order valence-electron chi connectivity index (χ1n) is 3.68. The van der Waals surface area contributed by atoms with Crippen LogP contribution in [0.4, 0.5) is 0 Å². The number of carboxylic acid groups (broad SMARTS) is 1. The summed E-state index contributed by atoms with van der Waals surface area (Å²) in [5, 5.41) is 10.4. The molecule has 3 nitrogen and oxygen atoms in total. The lowest BCUT2D eigenvalue weighted by Gasteiger charge is -2.17. The van der Waals surface area contributed by atoms with Gasteiger partial charge in [0.1, 0.15) is 0 Å². The molecule has 0 aromatic carbocycles. The predicted octanol–water partition coefficient (Wildman–Crippen LogP) is -0.0181. The van der Waals surface area contributed by atoms with Crippen LogP contribution >= 0.6 is 0 Å². The quantitative estimate of drug-likeness (QED) is 0.537. The summed E-state index contributed by atoms with van der Waals surface area (Å²) < 4.78 is 0. The summed E-state index contributed by atoms with van der Waals surface area (Å²) in [4.78, 5) is 12.0. The SMILES string of the molecule is CCC/C=C(\C(=O)[O-])N(C)C. The van der Waals surface area contributed by atoms with E-state index in [0.29, 0.717) is 0 Å². The van der Waals surface area contributed by atoms with Crippen molar-refractivity contribution in [3.8, 4) is 0 Å². The van der Waals surface area contributed by atoms with Gasteiger partial charge in [0.05, 0.1) is 11.7 Å². The van der Waals surface area contributed by atoms with Crippen LogP contribution in [0.3, 0.4) is 0 Å². The van der Waals surface area contributed by atoms with Crippen LogP contribution in [0.1, 0.15) is 19.8 Å². The minimum Gasteiger partial charge on any atom is -0.543 e. The van der Waals surface area contributed by atoms with Crippen molar-refractivity contribution in [2.45, 2.75) is 19.8 Å². The van der Waals surface area contributed by atoms with Gasteiger partial charge in [0.25, 0.3) is 0 Å². The van der Waals surface area contributed by atoms with Crippen molar-refractivity contribution < 1.29 is 9.90 Å². The van der Waals surface area contributed by atoms with E-state index in [0.717, 1.165) is 12.8 Å². The Morgan fingerprint density at radius 1 is 1.55 bits per heavy atom. The predicted molar refractivity (Wildman–Crippen MR) is 41.7 cm³/mol. The number of hydrogen-bond acceptors (Lipinski definition) is 3. The first kappa shape index (κ1) is 10.0. The largest absolute Gasteiger partial charge is 0.543 e. The van der Waals surface area contributed by atoms with Gasteiger partial charge in [0.15, 0.2) is 0 Å². The number of hydrogen-bond donors (Lipinski definition) is 0. The minimum atomic E-state index is -1.11. The summed E-state index contributed by atoms with van der Waals surface area (Å²) in [6.07, 6.45) is 3.40. The highest BCUT2D eigenvalue weighted by Crippen LogP contribution is 2.00. The maximum atomic E-state index is 10.4. The third-order valence-corrected chi connectivity index (χ3v) is 1.32. The fourth-order valence-corrected chi connectivity index (χ4v) is 0.730. The maximum absolute atomic E-state index is 10.4. The van der Waals surface area contributed by atoms with Gasteiger partial charge in [-0.15, -0.1) is 0 Å². The van der Waals surface area contributed by atoms with Crippen LogP contribution in [-0.2, 0) is 4.79 Å². The molecule has 0 aliphatic carbocycles. The topological polar surface area (TPSA) is 43.4 Å². The van der Waals surface area contributed by atoms with Gasteiger partial charge in [-0.2, -0.15) is 0 Å². The molecule has 0 aliphatic rings. The molecule has 0 unspecified atom stereocenters. The Kier molecular flexibility index (Phi) is 4.34. The number of nitrogens with zero attached hydrogens (tertiary/aromatic N) is 1. The molecule has 0 aromatic rings. The third-order valence-electron chi connectivity index (χ3n) is 1.32. The number of carbonyl (C=O) groups is 1. The number of rotatable bonds is 4. The van der Waals surface area contributed by atoms with E-state index < -0.39 is 5.97 Å².